The van der Waals surface area contributed by atoms with Crippen LogP contribution in [-0.2, 0) is 4.74 Å². The smallest absolute Gasteiger partial charge is 0.0437 e. The summed E-state index contributed by atoms with van der Waals surface area (Å²) < 4.78 is 4.83. The molecule has 0 aliphatic heterocycles. The average molecular weight is 164 g/mol. The van der Waals surface area contributed by atoms with Gasteiger partial charge in [-0.2, -0.15) is 0 Å². The molecule has 0 radical (unpaired) electrons. The van der Waals surface area contributed by atoms with Crippen LogP contribution in [0.15, 0.2) is 0 Å². The number of ether oxygens (including phenoxy) is 1. The fraction of sp³-hybridized carbons (Fsp3) is 1.00. The molecule has 3 heteroatoms. The Hall–Kier alpha value is -0.120. The van der Waals surface area contributed by atoms with Crippen LogP contribution in [0.2, 0.25) is 0 Å². The van der Waals surface area contributed by atoms with Crippen molar-refractivity contribution in [1.29, 1.82) is 0 Å². The first kappa shape index (κ1) is 17.1. The molecule has 0 saturated carbocycles. The van der Waals surface area contributed by atoms with Crippen molar-refractivity contribution in [2.45, 2.75) is 13.8 Å². The van der Waals surface area contributed by atoms with Gasteiger partial charge in [0.1, 0.15) is 0 Å². The van der Waals surface area contributed by atoms with Gasteiger partial charge in [0.2, 0.25) is 0 Å². The maximum Gasteiger partial charge on any atom is 0.0437 e. The topological polar surface area (TPSA) is 33.3 Å². The molecule has 0 bridgehead atoms. The van der Waals surface area contributed by atoms with Crippen molar-refractivity contribution in [2.24, 2.45) is 0 Å². The fourth-order valence-corrected chi connectivity index (χ4v) is 0.204. The van der Waals surface area contributed by atoms with Crippen LogP contribution >= 0.6 is 0 Å². The quantitative estimate of drug-likeness (QED) is 0.631. The summed E-state index contributed by atoms with van der Waals surface area (Å²) >= 11 is 0. The van der Waals surface area contributed by atoms with Crippen molar-refractivity contribution in [1.82, 2.24) is 10.6 Å². The van der Waals surface area contributed by atoms with Crippen molar-refractivity contribution in [2.75, 3.05) is 41.4 Å². The van der Waals surface area contributed by atoms with Crippen molar-refractivity contribution in [3.05, 3.63) is 0 Å². The van der Waals surface area contributed by atoms with Gasteiger partial charge in [-0.25, -0.2) is 0 Å². The SMILES string of the molecule is CCOCC.CNC.CNC. The third-order valence-electron chi connectivity index (χ3n) is 0.408. The zero-order chi connectivity index (χ0) is 9.54. The Labute approximate surface area is 71.5 Å². The van der Waals surface area contributed by atoms with E-state index < -0.39 is 0 Å². The Balaban J connectivity index is -0.0000000933. The average Bonchev–Trinajstić information content (AvgIpc) is 1.92. The first-order valence-electron chi connectivity index (χ1n) is 3.99. The van der Waals surface area contributed by atoms with E-state index >= 15 is 0 Å². The predicted octanol–water partition coefficient (Wildman–Crippen LogP) is 0.714. The van der Waals surface area contributed by atoms with Crippen LogP contribution in [0.4, 0.5) is 0 Å². The molecule has 0 unspecified atom stereocenters. The number of hydrogen-bond acceptors (Lipinski definition) is 3. The molecule has 3 nitrogen and oxygen atoms in total. The lowest BCUT2D eigenvalue weighted by atomic mass is 10.8. The second kappa shape index (κ2) is 32.7. The van der Waals surface area contributed by atoms with Gasteiger partial charge in [-0.3, -0.25) is 0 Å². The molecule has 0 aromatic rings. The van der Waals surface area contributed by atoms with Crippen LogP contribution in [-0.4, -0.2) is 41.4 Å². The summed E-state index contributed by atoms with van der Waals surface area (Å²) in [5, 5.41) is 5.50. The maximum absolute atomic E-state index is 4.83. The Morgan fingerprint density at radius 2 is 1.00 bits per heavy atom. The molecule has 0 heterocycles. The molecule has 0 spiro atoms. The van der Waals surface area contributed by atoms with E-state index in [0.29, 0.717) is 0 Å². The lowest BCUT2D eigenvalue weighted by Crippen LogP contribution is -1.89. The molecule has 0 aliphatic carbocycles. The molecule has 0 atom stereocenters. The minimum Gasteiger partial charge on any atom is -0.382 e. The van der Waals surface area contributed by atoms with Crippen molar-refractivity contribution >= 4 is 0 Å². The van der Waals surface area contributed by atoms with E-state index in [-0.39, 0.29) is 0 Å². The van der Waals surface area contributed by atoms with Crippen LogP contribution in [0.5, 0.6) is 0 Å². The van der Waals surface area contributed by atoms with E-state index in [4.69, 9.17) is 4.74 Å². The molecule has 0 amide bonds. The van der Waals surface area contributed by atoms with Gasteiger partial charge in [-0.1, -0.05) is 0 Å². The highest BCUT2D eigenvalue weighted by atomic mass is 16.5. The van der Waals surface area contributed by atoms with Crippen LogP contribution in [0.1, 0.15) is 13.8 Å². The normalized spacial score (nSPS) is 7.09. The molecule has 11 heavy (non-hydrogen) atoms. The zero-order valence-electron chi connectivity index (χ0n) is 8.82. The van der Waals surface area contributed by atoms with Gasteiger partial charge in [0.25, 0.3) is 0 Å². The Morgan fingerprint density at radius 3 is 1.00 bits per heavy atom. The molecule has 0 aromatic carbocycles. The molecule has 0 aliphatic rings. The minimum atomic E-state index is 0.844. The molecule has 0 rings (SSSR count). The lowest BCUT2D eigenvalue weighted by Gasteiger charge is -1.86. The number of rotatable bonds is 2. The predicted molar refractivity (Wildman–Crippen MR) is 52.1 cm³/mol. The number of nitrogens with one attached hydrogen (secondary N) is 2. The van der Waals surface area contributed by atoms with Crippen LogP contribution in [0, 0.1) is 0 Å². The minimum absolute atomic E-state index is 0.844. The summed E-state index contributed by atoms with van der Waals surface area (Å²) in [6.45, 7) is 5.67. The van der Waals surface area contributed by atoms with Gasteiger partial charge in [0.15, 0.2) is 0 Å². The zero-order valence-corrected chi connectivity index (χ0v) is 8.82. The second-order valence-corrected chi connectivity index (χ2v) is 1.78. The van der Waals surface area contributed by atoms with E-state index in [1.165, 1.54) is 0 Å². The number of hydrogen-bond donors (Lipinski definition) is 2. The first-order valence-corrected chi connectivity index (χ1v) is 3.99. The van der Waals surface area contributed by atoms with Gasteiger partial charge >= 0.3 is 0 Å². The summed E-state index contributed by atoms with van der Waals surface area (Å²) in [5.41, 5.74) is 0. The van der Waals surface area contributed by atoms with Crippen LogP contribution in [0.3, 0.4) is 0 Å². The third-order valence-corrected chi connectivity index (χ3v) is 0.408. The monoisotopic (exact) mass is 164 g/mol. The van der Waals surface area contributed by atoms with E-state index in [1.807, 2.05) is 42.0 Å². The highest BCUT2D eigenvalue weighted by molar-refractivity contribution is 4.07. The van der Waals surface area contributed by atoms with Gasteiger partial charge < -0.3 is 15.4 Å². The van der Waals surface area contributed by atoms with Crippen molar-refractivity contribution < 1.29 is 4.74 Å². The maximum atomic E-state index is 4.83. The molecule has 0 aromatic heterocycles. The molecule has 2 N–H and O–H groups in total. The van der Waals surface area contributed by atoms with Crippen LogP contribution in [0.25, 0.3) is 0 Å². The molecular weight excluding hydrogens is 140 g/mol. The van der Waals surface area contributed by atoms with E-state index in [0.717, 1.165) is 13.2 Å². The highest BCUT2D eigenvalue weighted by Gasteiger charge is 1.64. The van der Waals surface area contributed by atoms with Crippen molar-refractivity contribution in [3.8, 4) is 0 Å². The summed E-state index contributed by atoms with van der Waals surface area (Å²) in [6, 6.07) is 0. The first-order chi connectivity index (χ1) is 5.24. The standard InChI is InChI=1S/C4H10O.2C2H7N/c1-3-5-4-2;2*1-3-2/h3-4H2,1-2H3;2*3H,1-2H3. The fourth-order valence-electron chi connectivity index (χ4n) is 0.204. The Bertz CT molecular complexity index is 31.3. The third kappa shape index (κ3) is 174. The summed E-state index contributed by atoms with van der Waals surface area (Å²) in [5.74, 6) is 0. The van der Waals surface area contributed by atoms with Gasteiger partial charge in [-0.15, -0.1) is 0 Å². The van der Waals surface area contributed by atoms with Gasteiger partial charge in [0, 0.05) is 13.2 Å². The van der Waals surface area contributed by atoms with Gasteiger partial charge in [0.05, 0.1) is 0 Å². The highest BCUT2D eigenvalue weighted by Crippen LogP contribution is 1.64. The largest absolute Gasteiger partial charge is 0.382 e. The molecule has 0 saturated heterocycles. The van der Waals surface area contributed by atoms with Crippen molar-refractivity contribution in [3.63, 3.8) is 0 Å². The molecule has 72 valence electrons. The Kier molecular flexibility index (Phi) is 50.9. The summed E-state index contributed by atoms with van der Waals surface area (Å²) in [6.07, 6.45) is 0. The van der Waals surface area contributed by atoms with E-state index in [9.17, 15) is 0 Å². The van der Waals surface area contributed by atoms with Crippen LogP contribution < -0.4 is 10.6 Å². The summed E-state index contributed by atoms with van der Waals surface area (Å²) in [4.78, 5) is 0. The van der Waals surface area contributed by atoms with E-state index in [1.54, 1.807) is 0 Å². The van der Waals surface area contributed by atoms with Gasteiger partial charge in [-0.05, 0) is 42.0 Å². The molecule has 0 fully saturated rings. The Morgan fingerprint density at radius 1 is 0.818 bits per heavy atom. The lowest BCUT2D eigenvalue weighted by molar-refractivity contribution is 0.162. The van der Waals surface area contributed by atoms with E-state index in [2.05, 4.69) is 10.6 Å². The summed E-state index contributed by atoms with van der Waals surface area (Å²) in [7, 11) is 7.50. The molecular formula is C8H24N2O. The second-order valence-electron chi connectivity index (χ2n) is 1.78.